The summed E-state index contributed by atoms with van der Waals surface area (Å²) < 4.78 is 5.56. The second-order valence-electron chi connectivity index (χ2n) is 5.07. The highest BCUT2D eigenvalue weighted by atomic mass is 32.2. The van der Waals surface area contributed by atoms with E-state index in [1.807, 2.05) is 27.7 Å². The molecule has 0 saturated heterocycles. The average Bonchev–Trinajstić information content (AvgIpc) is 2.83. The van der Waals surface area contributed by atoms with Gasteiger partial charge in [0.25, 0.3) is 0 Å². The van der Waals surface area contributed by atoms with Crippen molar-refractivity contribution in [3.63, 3.8) is 0 Å². The van der Waals surface area contributed by atoms with Crippen LogP contribution in [0.25, 0.3) is 0 Å². The van der Waals surface area contributed by atoms with E-state index in [0.29, 0.717) is 39.6 Å². The lowest BCUT2D eigenvalue weighted by Crippen LogP contribution is -2.06. The zero-order valence-electron chi connectivity index (χ0n) is 12.8. The van der Waals surface area contributed by atoms with Gasteiger partial charge in [-0.15, -0.1) is 10.2 Å². The van der Waals surface area contributed by atoms with Crippen LogP contribution in [0, 0.1) is 13.8 Å². The Bertz CT molecular complexity index is 667. The van der Waals surface area contributed by atoms with E-state index in [4.69, 9.17) is 4.42 Å². The molecule has 0 atom stereocenters. The quantitative estimate of drug-likeness (QED) is 0.477. The van der Waals surface area contributed by atoms with E-state index in [0.717, 1.165) is 0 Å². The Morgan fingerprint density at radius 2 is 1.95 bits per heavy atom. The third kappa shape index (κ3) is 3.66. The lowest BCUT2D eigenvalue weighted by atomic mass is 10.2. The Morgan fingerprint density at radius 1 is 1.24 bits per heavy atom. The van der Waals surface area contributed by atoms with Crippen molar-refractivity contribution in [2.75, 3.05) is 0 Å². The van der Waals surface area contributed by atoms with Crippen LogP contribution in [0.4, 0.5) is 0 Å². The van der Waals surface area contributed by atoms with Crippen LogP contribution in [-0.2, 0) is 5.75 Å². The van der Waals surface area contributed by atoms with Gasteiger partial charge in [-0.05, 0) is 20.8 Å². The molecule has 0 aromatic carbocycles. The number of thioether (sulfide) groups is 1. The Labute approximate surface area is 127 Å². The molecule has 0 bridgehead atoms. The van der Waals surface area contributed by atoms with Crippen LogP contribution in [0.2, 0.25) is 0 Å². The molecule has 2 aromatic rings. The van der Waals surface area contributed by atoms with E-state index in [-0.39, 0.29) is 11.7 Å². The van der Waals surface area contributed by atoms with Crippen LogP contribution in [0.3, 0.4) is 0 Å². The molecule has 6 nitrogen and oxygen atoms in total. The molecule has 0 radical (unpaired) electrons. The molecule has 2 rings (SSSR count). The summed E-state index contributed by atoms with van der Waals surface area (Å²) in [7, 11) is 0. The summed E-state index contributed by atoms with van der Waals surface area (Å²) in [6.07, 6.45) is 0. The first-order valence-electron chi connectivity index (χ1n) is 6.69. The average molecular weight is 306 g/mol. The molecule has 2 aromatic heterocycles. The summed E-state index contributed by atoms with van der Waals surface area (Å²) in [4.78, 5) is 20.4. The molecule has 7 heteroatoms. The van der Waals surface area contributed by atoms with Gasteiger partial charge in [-0.2, -0.15) is 0 Å². The molecule has 0 fully saturated rings. The number of aryl methyl sites for hydroxylation is 2. The van der Waals surface area contributed by atoms with E-state index in [2.05, 4.69) is 20.2 Å². The molecule has 0 unspecified atom stereocenters. The van der Waals surface area contributed by atoms with Gasteiger partial charge in [0.1, 0.15) is 10.9 Å². The second kappa shape index (κ2) is 6.34. The molecule has 0 amide bonds. The third-order valence-corrected chi connectivity index (χ3v) is 3.79. The third-order valence-electron chi connectivity index (χ3n) is 2.83. The number of aromatic nitrogens is 4. The standard InChI is InChI=1S/C14H18N4O2S/c1-7(2)13-18-17-11(20-13)6-21-14-12(9(4)19)8(3)15-10(5)16-14/h7H,6H2,1-5H3. The molecule has 112 valence electrons. The molecule has 21 heavy (non-hydrogen) atoms. The van der Waals surface area contributed by atoms with E-state index in [1.165, 1.54) is 18.7 Å². The van der Waals surface area contributed by atoms with Crippen LogP contribution >= 0.6 is 11.8 Å². The van der Waals surface area contributed by atoms with Crippen molar-refractivity contribution in [2.24, 2.45) is 0 Å². The SMILES string of the molecule is CC(=O)c1c(C)nc(C)nc1SCc1nnc(C(C)C)o1. The number of ketones is 1. The minimum atomic E-state index is -0.0385. The Morgan fingerprint density at radius 3 is 2.52 bits per heavy atom. The van der Waals surface area contributed by atoms with E-state index >= 15 is 0 Å². The van der Waals surface area contributed by atoms with Gasteiger partial charge in [-0.3, -0.25) is 4.79 Å². The van der Waals surface area contributed by atoms with Crippen LogP contribution in [0.5, 0.6) is 0 Å². The van der Waals surface area contributed by atoms with E-state index in [9.17, 15) is 4.79 Å². The first kappa shape index (κ1) is 15.6. The number of carbonyl (C=O) groups excluding carboxylic acids is 1. The molecule has 0 N–H and O–H groups in total. The molecular formula is C14H18N4O2S. The molecule has 2 heterocycles. The summed E-state index contributed by atoms with van der Waals surface area (Å²) in [5.41, 5.74) is 1.26. The highest BCUT2D eigenvalue weighted by Gasteiger charge is 2.16. The number of hydrogen-bond donors (Lipinski definition) is 0. The maximum absolute atomic E-state index is 11.8. The van der Waals surface area contributed by atoms with Crippen molar-refractivity contribution >= 4 is 17.5 Å². The van der Waals surface area contributed by atoms with Crippen LogP contribution < -0.4 is 0 Å². The van der Waals surface area contributed by atoms with Crippen molar-refractivity contribution in [1.29, 1.82) is 0 Å². The maximum atomic E-state index is 11.8. The van der Waals surface area contributed by atoms with Crippen molar-refractivity contribution in [3.05, 3.63) is 28.9 Å². The predicted octanol–water partition coefficient (Wildman–Crippen LogP) is 3.09. The Kier molecular flexibility index (Phi) is 4.72. The summed E-state index contributed by atoms with van der Waals surface area (Å²) in [5.74, 6) is 2.44. The highest BCUT2D eigenvalue weighted by molar-refractivity contribution is 7.98. The van der Waals surface area contributed by atoms with Crippen LogP contribution in [0.1, 0.15) is 60.3 Å². The van der Waals surface area contributed by atoms with Crippen molar-refractivity contribution in [3.8, 4) is 0 Å². The minimum Gasteiger partial charge on any atom is -0.424 e. The second-order valence-corrected chi connectivity index (χ2v) is 6.03. The normalized spacial score (nSPS) is 11.1. The molecule has 0 spiro atoms. The zero-order chi connectivity index (χ0) is 15.6. The maximum Gasteiger partial charge on any atom is 0.226 e. The van der Waals surface area contributed by atoms with Gasteiger partial charge in [-0.25, -0.2) is 9.97 Å². The Balaban J connectivity index is 2.21. The first-order chi connectivity index (χ1) is 9.88. The van der Waals surface area contributed by atoms with Gasteiger partial charge >= 0.3 is 0 Å². The van der Waals surface area contributed by atoms with E-state index in [1.54, 1.807) is 0 Å². The molecule has 0 aliphatic carbocycles. The highest BCUT2D eigenvalue weighted by Crippen LogP contribution is 2.26. The summed E-state index contributed by atoms with van der Waals surface area (Å²) in [5, 5.41) is 8.66. The van der Waals surface area contributed by atoms with Gasteiger partial charge in [0, 0.05) is 5.92 Å². The number of nitrogens with zero attached hydrogens (tertiary/aromatic N) is 4. The number of rotatable bonds is 5. The molecule has 0 saturated carbocycles. The van der Waals surface area contributed by atoms with Crippen molar-refractivity contribution < 1.29 is 9.21 Å². The van der Waals surface area contributed by atoms with Crippen LogP contribution in [0.15, 0.2) is 9.44 Å². The summed E-state index contributed by atoms with van der Waals surface area (Å²) in [6, 6.07) is 0. The summed E-state index contributed by atoms with van der Waals surface area (Å²) in [6.45, 7) is 9.14. The number of Topliss-reactive ketones (excluding diaryl/α,β-unsaturated/α-hetero) is 1. The predicted molar refractivity (Wildman–Crippen MR) is 79.5 cm³/mol. The summed E-state index contributed by atoms with van der Waals surface area (Å²) >= 11 is 1.41. The largest absolute Gasteiger partial charge is 0.424 e. The smallest absolute Gasteiger partial charge is 0.226 e. The number of hydrogen-bond acceptors (Lipinski definition) is 7. The monoisotopic (exact) mass is 306 g/mol. The fourth-order valence-corrected chi connectivity index (χ4v) is 2.89. The fourth-order valence-electron chi connectivity index (χ4n) is 1.88. The van der Waals surface area contributed by atoms with Gasteiger partial charge in [-0.1, -0.05) is 25.6 Å². The minimum absolute atomic E-state index is 0.0385. The first-order valence-corrected chi connectivity index (χ1v) is 7.68. The lowest BCUT2D eigenvalue weighted by Gasteiger charge is -2.08. The Hall–Kier alpha value is -1.76. The lowest BCUT2D eigenvalue weighted by molar-refractivity contribution is 0.101. The van der Waals surface area contributed by atoms with Gasteiger partial charge < -0.3 is 4.42 Å². The molecular weight excluding hydrogens is 288 g/mol. The fraction of sp³-hybridized carbons (Fsp3) is 0.500. The van der Waals surface area contributed by atoms with E-state index < -0.39 is 0 Å². The molecule has 0 aliphatic rings. The van der Waals surface area contributed by atoms with Crippen molar-refractivity contribution in [2.45, 2.75) is 51.3 Å². The number of carbonyl (C=O) groups is 1. The van der Waals surface area contributed by atoms with Gasteiger partial charge in [0.2, 0.25) is 11.8 Å². The van der Waals surface area contributed by atoms with Gasteiger partial charge in [0.15, 0.2) is 5.78 Å². The van der Waals surface area contributed by atoms with Crippen molar-refractivity contribution in [1.82, 2.24) is 20.2 Å². The molecule has 0 aliphatic heterocycles. The topological polar surface area (TPSA) is 81.8 Å². The zero-order valence-corrected chi connectivity index (χ0v) is 13.6. The van der Waals surface area contributed by atoms with Gasteiger partial charge in [0.05, 0.1) is 17.0 Å². The van der Waals surface area contributed by atoms with Crippen LogP contribution in [-0.4, -0.2) is 25.9 Å².